The Bertz CT molecular complexity index is 458. The number of hydrogen-bond donors (Lipinski definition) is 2. The smallest absolute Gasteiger partial charge is 0.272 e. The van der Waals surface area contributed by atoms with Gasteiger partial charge in [0.15, 0.2) is 0 Å². The normalized spacial score (nSPS) is 27.6. The van der Waals surface area contributed by atoms with Gasteiger partial charge in [-0.1, -0.05) is 0 Å². The number of benzene rings is 1. The molecule has 0 bridgehead atoms. The van der Waals surface area contributed by atoms with Gasteiger partial charge in [-0.25, -0.2) is 4.39 Å². The van der Waals surface area contributed by atoms with Crippen LogP contribution in [0.4, 0.5) is 10.1 Å². The Labute approximate surface area is 97.2 Å². The average Bonchev–Trinajstić information content (AvgIpc) is 2.24. The maximum Gasteiger partial charge on any atom is 0.272 e. The Hall–Kier alpha value is -1.53. The lowest BCUT2D eigenvalue weighted by Crippen LogP contribution is -2.50. The molecule has 0 atom stereocenters. The first kappa shape index (κ1) is 11.9. The number of halogens is 1. The van der Waals surface area contributed by atoms with Gasteiger partial charge >= 0.3 is 0 Å². The van der Waals surface area contributed by atoms with Gasteiger partial charge in [-0.2, -0.15) is 0 Å². The predicted molar refractivity (Wildman–Crippen MR) is 59.0 cm³/mol. The van der Waals surface area contributed by atoms with Crippen molar-refractivity contribution in [2.45, 2.75) is 24.4 Å². The lowest BCUT2D eigenvalue weighted by atomic mass is 9.62. The van der Waals surface area contributed by atoms with Crippen LogP contribution in [0.2, 0.25) is 0 Å². The van der Waals surface area contributed by atoms with Gasteiger partial charge in [-0.3, -0.25) is 10.1 Å². The minimum atomic E-state index is -0.641. The van der Waals surface area contributed by atoms with Crippen LogP contribution in [-0.2, 0) is 5.41 Å². The molecule has 5 nitrogen and oxygen atoms in total. The van der Waals surface area contributed by atoms with E-state index in [1.807, 2.05) is 0 Å². The molecule has 0 unspecified atom stereocenters. The van der Waals surface area contributed by atoms with Crippen LogP contribution in [0.1, 0.15) is 18.4 Å². The first-order chi connectivity index (χ1) is 7.98. The second kappa shape index (κ2) is 4.05. The van der Waals surface area contributed by atoms with Gasteiger partial charge in [-0.15, -0.1) is 0 Å². The number of aliphatic hydroxyl groups is 1. The third-order valence-corrected chi connectivity index (χ3v) is 3.38. The Balaban J connectivity index is 2.36. The first-order valence-electron chi connectivity index (χ1n) is 5.31. The van der Waals surface area contributed by atoms with E-state index in [9.17, 15) is 19.6 Å². The van der Waals surface area contributed by atoms with E-state index in [1.165, 1.54) is 12.1 Å². The third-order valence-electron chi connectivity index (χ3n) is 3.38. The Morgan fingerprint density at radius 3 is 2.65 bits per heavy atom. The predicted octanol–water partition coefficient (Wildman–Crippen LogP) is 1.09. The van der Waals surface area contributed by atoms with E-state index in [-0.39, 0.29) is 12.2 Å². The second-order valence-corrected chi connectivity index (χ2v) is 4.47. The summed E-state index contributed by atoms with van der Waals surface area (Å²) in [5.74, 6) is -0.628. The van der Waals surface area contributed by atoms with Crippen molar-refractivity contribution in [2.75, 3.05) is 6.54 Å². The Morgan fingerprint density at radius 1 is 1.59 bits per heavy atom. The van der Waals surface area contributed by atoms with Crippen LogP contribution in [0.25, 0.3) is 0 Å². The van der Waals surface area contributed by atoms with Crippen molar-refractivity contribution in [2.24, 2.45) is 5.73 Å². The highest BCUT2D eigenvalue weighted by Gasteiger charge is 2.45. The van der Waals surface area contributed by atoms with Crippen molar-refractivity contribution >= 4 is 5.69 Å². The molecule has 1 fully saturated rings. The highest BCUT2D eigenvalue weighted by Crippen LogP contribution is 2.44. The van der Waals surface area contributed by atoms with E-state index < -0.39 is 22.3 Å². The summed E-state index contributed by atoms with van der Waals surface area (Å²) >= 11 is 0. The number of aliphatic hydroxyl groups excluding tert-OH is 1. The number of nitro groups is 1. The number of non-ortho nitro benzene ring substituents is 1. The molecule has 0 aromatic heterocycles. The summed E-state index contributed by atoms with van der Waals surface area (Å²) in [7, 11) is 0. The van der Waals surface area contributed by atoms with Gasteiger partial charge in [0.1, 0.15) is 5.82 Å². The summed E-state index contributed by atoms with van der Waals surface area (Å²) in [6.07, 6.45) is 0.337. The molecule has 6 heteroatoms. The van der Waals surface area contributed by atoms with Crippen LogP contribution < -0.4 is 5.73 Å². The van der Waals surface area contributed by atoms with Gasteiger partial charge in [0.05, 0.1) is 17.1 Å². The second-order valence-electron chi connectivity index (χ2n) is 4.47. The molecular weight excluding hydrogens is 227 g/mol. The summed E-state index contributed by atoms with van der Waals surface area (Å²) in [5.41, 5.74) is 5.13. The summed E-state index contributed by atoms with van der Waals surface area (Å²) in [4.78, 5) is 9.85. The van der Waals surface area contributed by atoms with Crippen LogP contribution in [0.3, 0.4) is 0 Å². The number of nitro benzene ring substituents is 1. The fraction of sp³-hybridized carbons (Fsp3) is 0.455. The van der Waals surface area contributed by atoms with E-state index in [0.717, 1.165) is 6.07 Å². The molecule has 1 aromatic carbocycles. The quantitative estimate of drug-likeness (QED) is 0.611. The maximum absolute atomic E-state index is 13.8. The van der Waals surface area contributed by atoms with E-state index in [1.54, 1.807) is 0 Å². The minimum Gasteiger partial charge on any atom is -0.393 e. The monoisotopic (exact) mass is 240 g/mol. The Morgan fingerprint density at radius 2 is 2.24 bits per heavy atom. The van der Waals surface area contributed by atoms with E-state index in [0.29, 0.717) is 18.4 Å². The minimum absolute atomic E-state index is 0.221. The zero-order chi connectivity index (χ0) is 12.6. The first-order valence-corrected chi connectivity index (χ1v) is 5.31. The molecule has 1 aromatic rings. The molecule has 1 aliphatic rings. The van der Waals surface area contributed by atoms with E-state index in [2.05, 4.69) is 0 Å². The largest absolute Gasteiger partial charge is 0.393 e. The van der Waals surface area contributed by atoms with Crippen LogP contribution in [0.15, 0.2) is 18.2 Å². The van der Waals surface area contributed by atoms with Gasteiger partial charge in [-0.05, 0) is 24.5 Å². The van der Waals surface area contributed by atoms with Crippen molar-refractivity contribution in [3.8, 4) is 0 Å². The number of nitrogens with two attached hydrogens (primary N) is 1. The molecule has 17 heavy (non-hydrogen) atoms. The summed E-state index contributed by atoms with van der Waals surface area (Å²) in [6, 6.07) is 3.56. The molecule has 0 radical (unpaired) electrons. The van der Waals surface area contributed by atoms with Crippen molar-refractivity contribution in [1.29, 1.82) is 0 Å². The molecule has 1 saturated carbocycles. The van der Waals surface area contributed by atoms with Gasteiger partial charge in [0, 0.05) is 18.0 Å². The van der Waals surface area contributed by atoms with Crippen LogP contribution in [0.5, 0.6) is 0 Å². The molecule has 0 amide bonds. The zero-order valence-electron chi connectivity index (χ0n) is 9.10. The van der Waals surface area contributed by atoms with Crippen molar-refractivity contribution in [3.63, 3.8) is 0 Å². The molecule has 2 rings (SSSR count). The van der Waals surface area contributed by atoms with Crippen LogP contribution in [-0.4, -0.2) is 22.7 Å². The summed E-state index contributed by atoms with van der Waals surface area (Å²) in [6.45, 7) is 0.221. The highest BCUT2D eigenvalue weighted by molar-refractivity contribution is 5.39. The summed E-state index contributed by atoms with van der Waals surface area (Å²) < 4.78 is 13.8. The fourth-order valence-corrected chi connectivity index (χ4v) is 2.39. The van der Waals surface area contributed by atoms with Crippen molar-refractivity contribution in [1.82, 2.24) is 0 Å². The molecule has 3 N–H and O–H groups in total. The molecular formula is C11H13FN2O3. The maximum atomic E-state index is 13.8. The molecule has 0 spiro atoms. The average molecular weight is 240 g/mol. The standard InChI is InChI=1S/C11H13FN2O3/c12-10-3-7(14(16)17)1-2-9(10)11(6-13)4-8(15)5-11/h1-3,8,15H,4-6,13H2. The van der Waals surface area contributed by atoms with Crippen LogP contribution in [0, 0.1) is 15.9 Å². The zero-order valence-corrected chi connectivity index (χ0v) is 9.10. The van der Waals surface area contributed by atoms with Gasteiger partial charge < -0.3 is 10.8 Å². The van der Waals surface area contributed by atoms with E-state index in [4.69, 9.17) is 5.73 Å². The lowest BCUT2D eigenvalue weighted by molar-refractivity contribution is -0.385. The van der Waals surface area contributed by atoms with Crippen molar-refractivity contribution < 1.29 is 14.4 Å². The molecule has 0 heterocycles. The number of nitrogens with zero attached hydrogens (tertiary/aromatic N) is 1. The topological polar surface area (TPSA) is 89.4 Å². The van der Waals surface area contributed by atoms with Gasteiger partial charge in [0.2, 0.25) is 0 Å². The van der Waals surface area contributed by atoms with E-state index >= 15 is 0 Å². The SMILES string of the molecule is NCC1(c2ccc([N+](=O)[O-])cc2F)CC(O)C1. The lowest BCUT2D eigenvalue weighted by Gasteiger charge is -2.45. The molecule has 92 valence electrons. The number of hydrogen-bond acceptors (Lipinski definition) is 4. The van der Waals surface area contributed by atoms with Crippen LogP contribution >= 0.6 is 0 Å². The van der Waals surface area contributed by atoms with Crippen molar-refractivity contribution in [3.05, 3.63) is 39.7 Å². The fourth-order valence-electron chi connectivity index (χ4n) is 2.39. The molecule has 0 aliphatic heterocycles. The Kier molecular flexibility index (Phi) is 2.84. The van der Waals surface area contributed by atoms with Gasteiger partial charge in [0.25, 0.3) is 5.69 Å². The summed E-state index contributed by atoms with van der Waals surface area (Å²) in [5, 5.41) is 19.8. The highest BCUT2D eigenvalue weighted by atomic mass is 19.1. The molecule has 0 saturated heterocycles. The molecule has 1 aliphatic carbocycles. The third kappa shape index (κ3) is 1.89. The number of rotatable bonds is 3.